The Balaban J connectivity index is 2.19. The predicted octanol–water partition coefficient (Wildman–Crippen LogP) is 2.10. The molecule has 1 unspecified atom stereocenters. The largest absolute Gasteiger partial charge is 0.493 e. The molecule has 0 aliphatic heterocycles. The molecule has 25 heavy (non-hydrogen) atoms. The van der Waals surface area contributed by atoms with Gasteiger partial charge in [0.05, 0.1) is 18.2 Å². The number of carbonyl (C=O) groups excluding carboxylic acids is 2. The van der Waals surface area contributed by atoms with Crippen molar-refractivity contribution in [2.75, 3.05) is 13.7 Å². The molecule has 1 aromatic carbocycles. The van der Waals surface area contributed by atoms with Crippen molar-refractivity contribution in [2.24, 2.45) is 5.73 Å². The number of ether oxygens (including phenoxy) is 2. The van der Waals surface area contributed by atoms with Crippen LogP contribution in [-0.2, 0) is 4.79 Å². The van der Waals surface area contributed by atoms with E-state index in [2.05, 4.69) is 10.3 Å². The standard InChI is InChI=1S/C17H18ClN3O4/c1-10(11-3-5-20-6-4-11)21-17(23)12-7-13(18)16(14(8-12)24-2)25-9-15(19)22/h3-8,10H,9H2,1-2H3,(H2,19,22)(H,21,23). The number of hydrogen-bond acceptors (Lipinski definition) is 5. The fourth-order valence-corrected chi connectivity index (χ4v) is 2.41. The lowest BCUT2D eigenvalue weighted by atomic mass is 10.1. The Labute approximate surface area is 150 Å². The second-order valence-electron chi connectivity index (χ2n) is 5.22. The molecule has 1 heterocycles. The highest BCUT2D eigenvalue weighted by atomic mass is 35.5. The minimum atomic E-state index is -0.647. The minimum Gasteiger partial charge on any atom is -0.493 e. The highest BCUT2D eigenvalue weighted by Crippen LogP contribution is 2.36. The zero-order chi connectivity index (χ0) is 18.4. The molecular formula is C17H18ClN3O4. The molecular weight excluding hydrogens is 346 g/mol. The van der Waals surface area contributed by atoms with Gasteiger partial charge in [-0.15, -0.1) is 0 Å². The predicted molar refractivity (Wildman–Crippen MR) is 92.8 cm³/mol. The molecule has 0 radical (unpaired) electrons. The third-order valence-electron chi connectivity index (χ3n) is 3.40. The zero-order valence-electron chi connectivity index (χ0n) is 13.8. The summed E-state index contributed by atoms with van der Waals surface area (Å²) in [6.07, 6.45) is 3.31. The average molecular weight is 364 g/mol. The molecule has 2 aromatic rings. The third kappa shape index (κ3) is 4.84. The molecule has 0 saturated carbocycles. The number of rotatable bonds is 7. The van der Waals surface area contributed by atoms with Gasteiger partial charge in [0.1, 0.15) is 0 Å². The van der Waals surface area contributed by atoms with E-state index >= 15 is 0 Å². The molecule has 0 saturated heterocycles. The number of primary amides is 1. The molecule has 1 atom stereocenters. The molecule has 0 aliphatic carbocycles. The number of aromatic nitrogens is 1. The van der Waals surface area contributed by atoms with Gasteiger partial charge >= 0.3 is 0 Å². The van der Waals surface area contributed by atoms with Crippen LogP contribution in [0.2, 0.25) is 5.02 Å². The summed E-state index contributed by atoms with van der Waals surface area (Å²) in [5, 5.41) is 3.01. The molecule has 0 bridgehead atoms. The van der Waals surface area contributed by atoms with Gasteiger partial charge < -0.3 is 20.5 Å². The van der Waals surface area contributed by atoms with Crippen molar-refractivity contribution in [3.05, 3.63) is 52.8 Å². The first-order chi connectivity index (χ1) is 11.9. The molecule has 3 N–H and O–H groups in total. The Hall–Kier alpha value is -2.80. The third-order valence-corrected chi connectivity index (χ3v) is 3.68. The Morgan fingerprint density at radius 2 is 2.00 bits per heavy atom. The molecule has 0 spiro atoms. The number of benzene rings is 1. The second-order valence-corrected chi connectivity index (χ2v) is 5.63. The summed E-state index contributed by atoms with van der Waals surface area (Å²) in [7, 11) is 1.41. The summed E-state index contributed by atoms with van der Waals surface area (Å²) >= 11 is 6.15. The Morgan fingerprint density at radius 1 is 1.32 bits per heavy atom. The number of nitrogens with zero attached hydrogens (tertiary/aromatic N) is 1. The van der Waals surface area contributed by atoms with Crippen molar-refractivity contribution in [3.63, 3.8) is 0 Å². The van der Waals surface area contributed by atoms with Crippen molar-refractivity contribution < 1.29 is 19.1 Å². The number of nitrogens with one attached hydrogen (secondary N) is 1. The van der Waals surface area contributed by atoms with Crippen molar-refractivity contribution in [2.45, 2.75) is 13.0 Å². The maximum atomic E-state index is 12.5. The lowest BCUT2D eigenvalue weighted by Gasteiger charge is -2.16. The van der Waals surface area contributed by atoms with Crippen molar-refractivity contribution in [1.29, 1.82) is 0 Å². The molecule has 132 valence electrons. The van der Waals surface area contributed by atoms with Gasteiger partial charge in [-0.05, 0) is 36.8 Å². The lowest BCUT2D eigenvalue weighted by Crippen LogP contribution is -2.26. The highest BCUT2D eigenvalue weighted by molar-refractivity contribution is 6.32. The Morgan fingerprint density at radius 3 is 2.60 bits per heavy atom. The summed E-state index contributed by atoms with van der Waals surface area (Å²) in [6.45, 7) is 1.51. The van der Waals surface area contributed by atoms with Crippen LogP contribution in [0.4, 0.5) is 0 Å². The number of methoxy groups -OCH3 is 1. The first kappa shape index (κ1) is 18.5. The molecule has 0 aliphatic rings. The topological polar surface area (TPSA) is 104 Å². The molecule has 1 aromatic heterocycles. The molecule has 7 nitrogen and oxygen atoms in total. The SMILES string of the molecule is COc1cc(C(=O)NC(C)c2ccncc2)cc(Cl)c1OCC(N)=O. The van der Waals surface area contributed by atoms with Gasteiger partial charge in [-0.25, -0.2) is 0 Å². The van der Waals surface area contributed by atoms with E-state index in [1.54, 1.807) is 12.4 Å². The summed E-state index contributed by atoms with van der Waals surface area (Å²) in [5.74, 6) is -0.589. The monoisotopic (exact) mass is 363 g/mol. The van der Waals surface area contributed by atoms with E-state index < -0.39 is 5.91 Å². The van der Waals surface area contributed by atoms with E-state index in [1.165, 1.54) is 19.2 Å². The number of amides is 2. The van der Waals surface area contributed by atoms with Gasteiger partial charge in [0.15, 0.2) is 18.1 Å². The normalized spacial score (nSPS) is 11.5. The average Bonchev–Trinajstić information content (AvgIpc) is 2.60. The summed E-state index contributed by atoms with van der Waals surface area (Å²) in [6, 6.07) is 6.34. The van der Waals surface area contributed by atoms with Crippen molar-refractivity contribution >= 4 is 23.4 Å². The summed E-state index contributed by atoms with van der Waals surface area (Å²) in [5.41, 5.74) is 6.27. The van der Waals surface area contributed by atoms with Crippen molar-refractivity contribution in [3.8, 4) is 11.5 Å². The quantitative estimate of drug-likeness (QED) is 0.784. The smallest absolute Gasteiger partial charge is 0.255 e. The Kier molecular flexibility index (Phi) is 6.19. The number of nitrogens with two attached hydrogens (primary N) is 1. The van der Waals surface area contributed by atoms with Crippen LogP contribution in [0.15, 0.2) is 36.7 Å². The van der Waals surface area contributed by atoms with Gasteiger partial charge in [0, 0.05) is 18.0 Å². The summed E-state index contributed by atoms with van der Waals surface area (Å²) in [4.78, 5) is 27.3. The van der Waals surface area contributed by atoms with E-state index in [0.717, 1.165) is 5.56 Å². The summed E-state index contributed by atoms with van der Waals surface area (Å²) < 4.78 is 10.4. The van der Waals surface area contributed by atoms with Crippen molar-refractivity contribution in [1.82, 2.24) is 10.3 Å². The van der Waals surface area contributed by atoms with E-state index in [1.807, 2.05) is 19.1 Å². The Bertz CT molecular complexity index is 768. The van der Waals surface area contributed by atoms with E-state index in [-0.39, 0.29) is 35.1 Å². The maximum Gasteiger partial charge on any atom is 0.255 e. The number of hydrogen-bond donors (Lipinski definition) is 2. The van der Waals surface area contributed by atoms with Crippen LogP contribution in [0.1, 0.15) is 28.9 Å². The van der Waals surface area contributed by atoms with Crippen LogP contribution in [0.5, 0.6) is 11.5 Å². The number of pyridine rings is 1. The number of halogens is 1. The van der Waals surface area contributed by atoms with E-state index in [9.17, 15) is 9.59 Å². The second kappa shape index (κ2) is 8.34. The minimum absolute atomic E-state index is 0.141. The van der Waals surface area contributed by atoms with Gasteiger partial charge in [0.25, 0.3) is 11.8 Å². The number of carbonyl (C=O) groups is 2. The molecule has 2 amide bonds. The van der Waals surface area contributed by atoms with Gasteiger partial charge in [0.2, 0.25) is 0 Å². The molecule has 8 heteroatoms. The van der Waals surface area contributed by atoms with Gasteiger partial charge in [-0.2, -0.15) is 0 Å². The molecule has 0 fully saturated rings. The lowest BCUT2D eigenvalue weighted by molar-refractivity contribution is -0.119. The fraction of sp³-hybridized carbons (Fsp3) is 0.235. The van der Waals surface area contributed by atoms with Crippen LogP contribution in [0.3, 0.4) is 0 Å². The van der Waals surface area contributed by atoms with Gasteiger partial charge in [-0.1, -0.05) is 11.6 Å². The fourth-order valence-electron chi connectivity index (χ4n) is 2.15. The van der Waals surface area contributed by atoms with Crippen LogP contribution in [-0.4, -0.2) is 30.5 Å². The van der Waals surface area contributed by atoms with Crippen LogP contribution < -0.4 is 20.5 Å². The van der Waals surface area contributed by atoms with E-state index in [4.69, 9.17) is 26.8 Å². The maximum absolute atomic E-state index is 12.5. The van der Waals surface area contributed by atoms with Crippen LogP contribution in [0.25, 0.3) is 0 Å². The van der Waals surface area contributed by atoms with Crippen LogP contribution in [0, 0.1) is 0 Å². The molecule has 2 rings (SSSR count). The van der Waals surface area contributed by atoms with E-state index in [0.29, 0.717) is 5.56 Å². The highest BCUT2D eigenvalue weighted by Gasteiger charge is 2.18. The zero-order valence-corrected chi connectivity index (χ0v) is 14.5. The first-order valence-corrected chi connectivity index (χ1v) is 7.79. The van der Waals surface area contributed by atoms with Crippen LogP contribution >= 0.6 is 11.6 Å². The van der Waals surface area contributed by atoms with Gasteiger partial charge in [-0.3, -0.25) is 14.6 Å². The first-order valence-electron chi connectivity index (χ1n) is 7.41.